The molecular formula is C14H9Cl3N4O. The lowest BCUT2D eigenvalue weighted by atomic mass is 10.3. The average Bonchev–Trinajstić information content (AvgIpc) is 2.79. The number of azo groups is 1. The molecule has 8 heteroatoms. The number of imidazole rings is 1. The fourth-order valence-corrected chi connectivity index (χ4v) is 2.54. The molecule has 0 fully saturated rings. The summed E-state index contributed by atoms with van der Waals surface area (Å²) in [5, 5.41) is 19.1. The van der Waals surface area contributed by atoms with Crippen LogP contribution in [0.3, 0.4) is 0 Å². The predicted octanol–water partition coefficient (Wildman–Crippen LogP) is 5.72. The van der Waals surface area contributed by atoms with Crippen LogP contribution >= 0.6 is 34.8 Å². The summed E-state index contributed by atoms with van der Waals surface area (Å²) in [5.41, 5.74) is 1.43. The van der Waals surface area contributed by atoms with E-state index in [0.29, 0.717) is 37.9 Å². The molecular weight excluding hydrogens is 347 g/mol. The zero-order valence-corrected chi connectivity index (χ0v) is 13.5. The second kappa shape index (κ2) is 5.76. The molecule has 0 saturated carbocycles. The monoisotopic (exact) mass is 354 g/mol. The third-order valence-corrected chi connectivity index (χ3v) is 4.04. The molecule has 0 unspecified atom stereocenters. The van der Waals surface area contributed by atoms with E-state index in [1.165, 1.54) is 12.1 Å². The molecule has 0 aliphatic heterocycles. The minimum atomic E-state index is 0.0691. The number of hydrogen-bond donors (Lipinski definition) is 1. The van der Waals surface area contributed by atoms with Crippen molar-refractivity contribution >= 4 is 52.0 Å². The van der Waals surface area contributed by atoms with Gasteiger partial charge >= 0.3 is 0 Å². The molecule has 0 aliphatic carbocycles. The Labute approximate surface area is 140 Å². The lowest BCUT2D eigenvalue weighted by Gasteiger charge is -2.01. The highest BCUT2D eigenvalue weighted by atomic mass is 35.5. The number of aromatic nitrogens is 2. The molecule has 3 rings (SSSR count). The van der Waals surface area contributed by atoms with Gasteiger partial charge in [0.2, 0.25) is 0 Å². The third kappa shape index (κ3) is 2.63. The van der Waals surface area contributed by atoms with E-state index >= 15 is 0 Å². The van der Waals surface area contributed by atoms with E-state index < -0.39 is 0 Å². The second-order valence-corrected chi connectivity index (χ2v) is 5.75. The topological polar surface area (TPSA) is 62.2 Å². The number of aromatic hydroxyl groups is 1. The molecule has 3 aromatic rings. The number of hydrogen-bond acceptors (Lipinski definition) is 4. The van der Waals surface area contributed by atoms with Crippen molar-refractivity contribution in [3.8, 4) is 5.75 Å². The van der Waals surface area contributed by atoms with E-state index in [-0.39, 0.29) is 5.75 Å². The summed E-state index contributed by atoms with van der Waals surface area (Å²) >= 11 is 17.9. The highest BCUT2D eigenvalue weighted by Gasteiger charge is 2.11. The van der Waals surface area contributed by atoms with Gasteiger partial charge < -0.3 is 5.11 Å². The molecule has 2 aromatic heterocycles. The Hall–Kier alpha value is -1.82. The quantitative estimate of drug-likeness (QED) is 0.471. The molecule has 5 nitrogen and oxygen atoms in total. The van der Waals surface area contributed by atoms with Crippen LogP contribution in [0.2, 0.25) is 15.1 Å². The molecule has 0 spiro atoms. The summed E-state index contributed by atoms with van der Waals surface area (Å²) in [7, 11) is 0. The molecule has 2 heterocycles. The smallest absolute Gasteiger partial charge is 0.182 e. The summed E-state index contributed by atoms with van der Waals surface area (Å²) < 4.78 is 1.64. The lowest BCUT2D eigenvalue weighted by Crippen LogP contribution is -1.82. The number of nitrogens with zero attached hydrogens (tertiary/aromatic N) is 4. The Kier molecular flexibility index (Phi) is 3.95. The Morgan fingerprint density at radius 3 is 2.59 bits per heavy atom. The van der Waals surface area contributed by atoms with Gasteiger partial charge in [0.1, 0.15) is 5.69 Å². The van der Waals surface area contributed by atoms with Gasteiger partial charge in [0, 0.05) is 6.20 Å². The fourth-order valence-electron chi connectivity index (χ4n) is 1.96. The van der Waals surface area contributed by atoms with Crippen LogP contribution in [-0.4, -0.2) is 14.5 Å². The van der Waals surface area contributed by atoms with Gasteiger partial charge in [-0.05, 0) is 31.2 Å². The van der Waals surface area contributed by atoms with E-state index in [0.717, 1.165) is 0 Å². The van der Waals surface area contributed by atoms with Crippen molar-refractivity contribution in [2.24, 2.45) is 10.2 Å². The molecule has 1 aromatic carbocycles. The molecule has 112 valence electrons. The van der Waals surface area contributed by atoms with Crippen LogP contribution in [0.25, 0.3) is 5.65 Å². The Balaban J connectivity index is 2.09. The normalized spacial score (nSPS) is 11.6. The number of aryl methyl sites for hydroxylation is 1. The molecule has 0 amide bonds. The van der Waals surface area contributed by atoms with Crippen molar-refractivity contribution in [1.82, 2.24) is 9.38 Å². The standard InChI is InChI=1S/C14H9Cl3N4O/c1-7-13(21-4-2-3-12(22)14(21)18-7)20-19-11-6-9(16)8(15)5-10(11)17/h2-6,22H,1H3. The van der Waals surface area contributed by atoms with Crippen molar-refractivity contribution in [2.45, 2.75) is 6.92 Å². The number of fused-ring (bicyclic) bond motifs is 1. The van der Waals surface area contributed by atoms with Crippen molar-refractivity contribution in [2.75, 3.05) is 0 Å². The summed E-state index contributed by atoms with van der Waals surface area (Å²) in [6, 6.07) is 6.28. The maximum atomic E-state index is 9.80. The van der Waals surface area contributed by atoms with E-state index in [4.69, 9.17) is 34.8 Å². The maximum Gasteiger partial charge on any atom is 0.182 e. The van der Waals surface area contributed by atoms with Gasteiger partial charge in [-0.1, -0.05) is 34.8 Å². The second-order valence-electron chi connectivity index (χ2n) is 4.53. The van der Waals surface area contributed by atoms with Crippen molar-refractivity contribution in [3.63, 3.8) is 0 Å². The first-order valence-electron chi connectivity index (χ1n) is 6.20. The van der Waals surface area contributed by atoms with Crippen LogP contribution in [0.1, 0.15) is 5.69 Å². The Morgan fingerprint density at radius 2 is 1.82 bits per heavy atom. The average molecular weight is 356 g/mol. The molecule has 0 saturated heterocycles. The van der Waals surface area contributed by atoms with Crippen LogP contribution in [0.15, 0.2) is 40.7 Å². The summed E-state index contributed by atoms with van der Waals surface area (Å²) in [4.78, 5) is 4.26. The van der Waals surface area contributed by atoms with E-state index in [1.54, 1.807) is 29.7 Å². The zero-order valence-electron chi connectivity index (χ0n) is 11.3. The van der Waals surface area contributed by atoms with Crippen LogP contribution in [0, 0.1) is 6.92 Å². The molecule has 1 N–H and O–H groups in total. The zero-order chi connectivity index (χ0) is 15.9. The number of halogens is 3. The van der Waals surface area contributed by atoms with Crippen LogP contribution in [0.4, 0.5) is 11.5 Å². The molecule has 0 aliphatic rings. The first-order chi connectivity index (χ1) is 10.5. The van der Waals surface area contributed by atoms with Crippen molar-refractivity contribution in [3.05, 3.63) is 51.2 Å². The van der Waals surface area contributed by atoms with Crippen LogP contribution in [-0.2, 0) is 0 Å². The van der Waals surface area contributed by atoms with Crippen LogP contribution in [0.5, 0.6) is 5.75 Å². The lowest BCUT2D eigenvalue weighted by molar-refractivity contribution is 0.477. The van der Waals surface area contributed by atoms with Crippen molar-refractivity contribution in [1.29, 1.82) is 0 Å². The first-order valence-corrected chi connectivity index (χ1v) is 7.33. The minimum absolute atomic E-state index is 0.0691. The summed E-state index contributed by atoms with van der Waals surface area (Å²) in [6.45, 7) is 1.78. The first kappa shape index (κ1) is 15.1. The minimum Gasteiger partial charge on any atom is -0.504 e. The van der Waals surface area contributed by atoms with Gasteiger partial charge in [-0.2, -0.15) is 0 Å². The largest absolute Gasteiger partial charge is 0.504 e. The Bertz CT molecular complexity index is 905. The van der Waals surface area contributed by atoms with E-state index in [1.807, 2.05) is 0 Å². The SMILES string of the molecule is Cc1nc2c(O)cccn2c1N=Nc1cc(Cl)c(Cl)cc1Cl. The summed E-state index contributed by atoms with van der Waals surface area (Å²) in [6.07, 6.45) is 1.74. The third-order valence-electron chi connectivity index (χ3n) is 3.01. The highest BCUT2D eigenvalue weighted by Crippen LogP contribution is 2.35. The van der Waals surface area contributed by atoms with Gasteiger partial charge in [-0.25, -0.2) is 4.98 Å². The molecule has 0 atom stereocenters. The number of rotatable bonds is 2. The Morgan fingerprint density at radius 1 is 1.09 bits per heavy atom. The number of benzene rings is 1. The highest BCUT2D eigenvalue weighted by molar-refractivity contribution is 6.43. The fraction of sp³-hybridized carbons (Fsp3) is 0.0714. The van der Waals surface area contributed by atoms with Gasteiger partial charge in [-0.15, -0.1) is 10.2 Å². The molecule has 0 bridgehead atoms. The van der Waals surface area contributed by atoms with E-state index in [2.05, 4.69) is 15.2 Å². The molecule has 22 heavy (non-hydrogen) atoms. The predicted molar refractivity (Wildman–Crippen MR) is 87.2 cm³/mol. The van der Waals surface area contributed by atoms with Gasteiger partial charge in [-0.3, -0.25) is 4.40 Å². The van der Waals surface area contributed by atoms with Gasteiger partial charge in [0.15, 0.2) is 17.2 Å². The summed E-state index contributed by atoms with van der Waals surface area (Å²) in [5.74, 6) is 0.563. The van der Waals surface area contributed by atoms with E-state index in [9.17, 15) is 5.11 Å². The molecule has 0 radical (unpaired) electrons. The van der Waals surface area contributed by atoms with Crippen molar-refractivity contribution < 1.29 is 5.11 Å². The number of pyridine rings is 1. The van der Waals surface area contributed by atoms with Gasteiger partial charge in [0.25, 0.3) is 0 Å². The maximum absolute atomic E-state index is 9.80. The van der Waals surface area contributed by atoms with Gasteiger partial charge in [0.05, 0.1) is 20.8 Å². The van der Waals surface area contributed by atoms with Crippen LogP contribution < -0.4 is 0 Å².